The van der Waals surface area contributed by atoms with Crippen LogP contribution in [0.3, 0.4) is 0 Å². The minimum Gasteiger partial charge on any atom is -0.309 e. The van der Waals surface area contributed by atoms with Gasteiger partial charge in [0.05, 0.1) is 56.2 Å². The van der Waals surface area contributed by atoms with E-state index in [0.29, 0.717) is 45.7 Å². The highest BCUT2D eigenvalue weighted by Crippen LogP contribution is 2.56. The summed E-state index contributed by atoms with van der Waals surface area (Å²) in [6, 6.07) is 55.5. The lowest BCUT2D eigenvalue weighted by atomic mass is 9.80. The minimum atomic E-state index is -5.12. The van der Waals surface area contributed by atoms with Gasteiger partial charge < -0.3 is 9.13 Å². The van der Waals surface area contributed by atoms with Gasteiger partial charge in [-0.25, -0.2) is 0 Å². The van der Waals surface area contributed by atoms with E-state index in [2.05, 4.69) is 105 Å². The fraction of sp³-hybridized carbons (Fsp3) is 0.127. The van der Waals surface area contributed by atoms with Crippen LogP contribution in [0.4, 0.5) is 26.3 Å². The molecule has 2 aliphatic carbocycles. The molecule has 11 aromatic rings. The Morgan fingerprint density at radius 1 is 0.417 bits per heavy atom. The Bertz CT molecular complexity index is 4180. The molecule has 2 aliphatic rings. The predicted octanol–water partition coefficient (Wildman–Crippen LogP) is 17.7. The van der Waals surface area contributed by atoms with Gasteiger partial charge in [-0.05, 0) is 111 Å². The number of fused-ring (bicyclic) bond motifs is 14. The smallest absolute Gasteiger partial charge is 0.309 e. The summed E-state index contributed by atoms with van der Waals surface area (Å²) < 4.78 is 94.8. The maximum atomic E-state index is 15.1. The molecular formula is C63H41F6N3. The first kappa shape index (κ1) is 43.7. The van der Waals surface area contributed by atoms with Crippen LogP contribution in [0.5, 0.6) is 0 Å². The van der Waals surface area contributed by atoms with Crippen LogP contribution in [-0.2, 0) is 23.2 Å². The molecule has 0 aliphatic heterocycles. The van der Waals surface area contributed by atoms with Gasteiger partial charge in [0, 0.05) is 49.1 Å². The second-order valence-corrected chi connectivity index (χ2v) is 20.1. The summed E-state index contributed by atoms with van der Waals surface area (Å²) in [6.45, 7) is 8.85. The number of alkyl halides is 6. The summed E-state index contributed by atoms with van der Waals surface area (Å²) in [6.07, 6.45) is -10.2. The predicted molar refractivity (Wildman–Crippen MR) is 276 cm³/mol. The van der Waals surface area contributed by atoms with Crippen molar-refractivity contribution in [3.05, 3.63) is 215 Å². The second-order valence-electron chi connectivity index (χ2n) is 20.1. The first-order chi connectivity index (χ1) is 34.5. The number of hydrogen-bond donors (Lipinski definition) is 0. The van der Waals surface area contributed by atoms with E-state index in [-0.39, 0.29) is 11.0 Å². The zero-order valence-electron chi connectivity index (χ0n) is 39.4. The van der Waals surface area contributed by atoms with Gasteiger partial charge in [0.15, 0.2) is 0 Å². The lowest BCUT2D eigenvalue weighted by molar-refractivity contribution is -0.142. The van der Waals surface area contributed by atoms with E-state index < -0.39 is 34.5 Å². The van der Waals surface area contributed by atoms with Crippen molar-refractivity contribution < 1.29 is 26.3 Å². The van der Waals surface area contributed by atoms with Gasteiger partial charge in [0.1, 0.15) is 0 Å². The monoisotopic (exact) mass is 953 g/mol. The van der Waals surface area contributed by atoms with Crippen molar-refractivity contribution in [1.82, 2.24) is 9.13 Å². The molecule has 0 saturated carbocycles. The first-order valence-electron chi connectivity index (χ1n) is 23.8. The number of aromatic nitrogens is 2. The highest BCUT2D eigenvalue weighted by atomic mass is 19.4. The third-order valence-corrected chi connectivity index (χ3v) is 15.6. The fourth-order valence-corrected chi connectivity index (χ4v) is 12.6. The molecular weight excluding hydrogens is 913 g/mol. The topological polar surface area (TPSA) is 33.6 Å². The molecule has 3 nitrogen and oxygen atoms in total. The highest BCUT2D eigenvalue weighted by Gasteiger charge is 2.43. The summed E-state index contributed by atoms with van der Waals surface area (Å²) in [5.74, 6) is 0. The Morgan fingerprint density at radius 3 is 1.40 bits per heavy atom. The third kappa shape index (κ3) is 5.92. The Morgan fingerprint density at radius 2 is 0.889 bits per heavy atom. The van der Waals surface area contributed by atoms with Crippen LogP contribution in [0.25, 0.3) is 99.5 Å². The van der Waals surface area contributed by atoms with E-state index in [0.717, 1.165) is 72.0 Å². The number of halogens is 6. The number of nitriles is 1. The van der Waals surface area contributed by atoms with Gasteiger partial charge in [-0.1, -0.05) is 143 Å². The summed E-state index contributed by atoms with van der Waals surface area (Å²) in [5, 5.41) is 14.5. The van der Waals surface area contributed by atoms with Crippen LogP contribution in [-0.4, -0.2) is 9.13 Å². The number of hydrogen-bond acceptors (Lipinski definition) is 1. The quantitative estimate of drug-likeness (QED) is 0.162. The van der Waals surface area contributed by atoms with Crippen molar-refractivity contribution in [2.45, 2.75) is 50.9 Å². The summed E-state index contributed by atoms with van der Waals surface area (Å²) in [7, 11) is 0. The maximum Gasteiger partial charge on any atom is 0.417 e. The molecule has 0 atom stereocenters. The lowest BCUT2D eigenvalue weighted by Gasteiger charge is -2.24. The van der Waals surface area contributed by atoms with Crippen LogP contribution >= 0.6 is 0 Å². The van der Waals surface area contributed by atoms with Crippen molar-refractivity contribution in [2.75, 3.05) is 0 Å². The van der Waals surface area contributed by atoms with Crippen LogP contribution in [0.1, 0.15) is 66.6 Å². The van der Waals surface area contributed by atoms with E-state index >= 15 is 26.3 Å². The van der Waals surface area contributed by atoms with Gasteiger partial charge in [-0.15, -0.1) is 0 Å². The zero-order valence-corrected chi connectivity index (χ0v) is 39.4. The SMILES string of the molecule is CC1(C)c2ccccc2-c2ccc3c(c21)c1ccccc1n3-c1ccc(C#N)cc1-c1ccc(-c2c(C(F)(F)F)cccc2C(F)(F)F)cc1-n1c2ccccc2c2c3c(ccc21)-c1ccccc1C3(C)C. The van der Waals surface area contributed by atoms with E-state index in [1.807, 2.05) is 65.2 Å². The number of para-hydroxylation sites is 2. The highest BCUT2D eigenvalue weighted by molar-refractivity contribution is 6.16. The average molecular weight is 954 g/mol. The Labute approximate surface area is 410 Å². The molecule has 9 aromatic carbocycles. The minimum absolute atomic E-state index is 0.263. The summed E-state index contributed by atoms with van der Waals surface area (Å²) in [5.41, 5.74) is 9.85. The number of nitrogens with zero attached hydrogens (tertiary/aromatic N) is 3. The van der Waals surface area contributed by atoms with Crippen molar-refractivity contribution >= 4 is 43.6 Å². The van der Waals surface area contributed by atoms with Crippen LogP contribution in [0, 0.1) is 11.3 Å². The van der Waals surface area contributed by atoms with Crippen LogP contribution < -0.4 is 0 Å². The third-order valence-electron chi connectivity index (χ3n) is 15.6. The molecule has 0 saturated heterocycles. The standard InChI is InChI=1S/C63H41F6N3/c1-60(2)45-18-9-5-14-37(45)40-27-30-52-56(58(40)60)42-16-7-11-22-49(42)71(52)51-29-24-35(34-70)32-44(51)39-26-25-36(55-47(62(64,65)66)20-13-21-48(55)63(67,68)69)33-54(39)72-50-23-12-8-17-43(50)57-53(72)31-28-41-38-15-6-10-19-46(38)61(3,4)59(41)57/h5-33H,1-4H3. The summed E-state index contributed by atoms with van der Waals surface area (Å²) in [4.78, 5) is 0. The van der Waals surface area contributed by atoms with Gasteiger partial charge in [0.25, 0.3) is 0 Å². The fourth-order valence-electron chi connectivity index (χ4n) is 12.6. The molecule has 0 radical (unpaired) electrons. The van der Waals surface area contributed by atoms with Crippen molar-refractivity contribution in [1.29, 1.82) is 5.26 Å². The first-order valence-corrected chi connectivity index (χ1v) is 23.8. The van der Waals surface area contributed by atoms with Gasteiger partial charge in [0.2, 0.25) is 0 Å². The Balaban J connectivity index is 1.17. The van der Waals surface area contributed by atoms with Gasteiger partial charge in [-0.2, -0.15) is 31.6 Å². The molecule has 350 valence electrons. The average Bonchev–Trinajstić information content (AvgIpc) is 4.04. The molecule has 0 bridgehead atoms. The Kier molecular flexibility index (Phi) is 9.00. The van der Waals surface area contributed by atoms with Crippen LogP contribution in [0.15, 0.2) is 176 Å². The van der Waals surface area contributed by atoms with Gasteiger partial charge in [-0.3, -0.25) is 0 Å². The maximum absolute atomic E-state index is 15.1. The Hall–Kier alpha value is -8.35. The molecule has 2 aromatic heterocycles. The van der Waals surface area contributed by atoms with E-state index in [1.165, 1.54) is 28.8 Å². The number of benzene rings is 9. The van der Waals surface area contributed by atoms with Crippen molar-refractivity contribution in [2.24, 2.45) is 0 Å². The molecule has 0 fully saturated rings. The summed E-state index contributed by atoms with van der Waals surface area (Å²) >= 11 is 0. The lowest BCUT2D eigenvalue weighted by Crippen LogP contribution is -2.15. The molecule has 72 heavy (non-hydrogen) atoms. The van der Waals surface area contributed by atoms with E-state index in [1.54, 1.807) is 18.2 Å². The van der Waals surface area contributed by atoms with E-state index in [9.17, 15) is 5.26 Å². The zero-order chi connectivity index (χ0) is 49.8. The molecule has 2 heterocycles. The van der Waals surface area contributed by atoms with Crippen LogP contribution in [0.2, 0.25) is 0 Å². The van der Waals surface area contributed by atoms with Crippen molar-refractivity contribution in [3.63, 3.8) is 0 Å². The molecule has 9 heteroatoms. The van der Waals surface area contributed by atoms with Crippen molar-refractivity contribution in [3.8, 4) is 62.0 Å². The molecule has 0 spiro atoms. The van der Waals surface area contributed by atoms with E-state index in [4.69, 9.17) is 0 Å². The van der Waals surface area contributed by atoms with Gasteiger partial charge >= 0.3 is 12.4 Å². The molecule has 0 amide bonds. The normalized spacial score (nSPS) is 14.5. The largest absolute Gasteiger partial charge is 0.417 e. The second kappa shape index (κ2) is 14.8. The molecule has 0 unspecified atom stereocenters. The molecule has 13 rings (SSSR count). The number of rotatable bonds is 4. The molecule has 0 N–H and O–H groups in total.